The first-order chi connectivity index (χ1) is 9.90. The molecule has 0 spiro atoms. The van der Waals surface area contributed by atoms with Crippen LogP contribution in [-0.2, 0) is 10.0 Å². The molecular weight excluding hydrogens is 286 g/mol. The van der Waals surface area contributed by atoms with E-state index in [9.17, 15) is 8.42 Å². The van der Waals surface area contributed by atoms with Gasteiger partial charge in [0.1, 0.15) is 5.82 Å². The summed E-state index contributed by atoms with van der Waals surface area (Å²) in [6.07, 6.45) is 0. The second-order valence-corrected chi connectivity index (χ2v) is 6.99. The number of aromatic nitrogens is 1. The molecule has 1 aromatic heterocycles. The fourth-order valence-corrected chi connectivity index (χ4v) is 4.03. The van der Waals surface area contributed by atoms with Crippen LogP contribution in [0.4, 0.5) is 5.82 Å². The van der Waals surface area contributed by atoms with Crippen LogP contribution in [0.15, 0.2) is 35.2 Å². The van der Waals surface area contributed by atoms with Crippen molar-refractivity contribution in [1.29, 1.82) is 0 Å². The van der Waals surface area contributed by atoms with E-state index >= 15 is 0 Å². The van der Waals surface area contributed by atoms with E-state index in [1.807, 2.05) is 32.9 Å². The van der Waals surface area contributed by atoms with E-state index in [1.54, 1.807) is 25.2 Å². The highest BCUT2D eigenvalue weighted by atomic mass is 32.2. The standard InChI is InChI=1S/C15H21N3O2S/c1-5-18(11(2)3)21(19,20)13-7-8-14-12(10-13)6-9-15(16-4)17-14/h6-11H,5H2,1-4H3,(H,16,17). The smallest absolute Gasteiger partial charge is 0.243 e. The van der Waals surface area contributed by atoms with Gasteiger partial charge in [-0.3, -0.25) is 0 Å². The highest BCUT2D eigenvalue weighted by molar-refractivity contribution is 7.89. The van der Waals surface area contributed by atoms with Crippen molar-refractivity contribution in [1.82, 2.24) is 9.29 Å². The summed E-state index contributed by atoms with van der Waals surface area (Å²) in [7, 11) is -1.67. The minimum Gasteiger partial charge on any atom is -0.373 e. The Morgan fingerprint density at radius 2 is 1.95 bits per heavy atom. The maximum absolute atomic E-state index is 12.7. The molecule has 0 saturated heterocycles. The molecule has 0 atom stereocenters. The van der Waals surface area contributed by atoms with Crippen molar-refractivity contribution < 1.29 is 8.42 Å². The summed E-state index contributed by atoms with van der Waals surface area (Å²) in [6, 6.07) is 8.69. The van der Waals surface area contributed by atoms with Crippen LogP contribution >= 0.6 is 0 Å². The molecule has 0 amide bonds. The largest absolute Gasteiger partial charge is 0.373 e. The Morgan fingerprint density at radius 1 is 1.24 bits per heavy atom. The monoisotopic (exact) mass is 307 g/mol. The molecular formula is C15H21N3O2S. The zero-order chi connectivity index (χ0) is 15.6. The number of hydrogen-bond donors (Lipinski definition) is 1. The average Bonchev–Trinajstić information content (AvgIpc) is 2.46. The number of sulfonamides is 1. The molecule has 6 heteroatoms. The molecule has 21 heavy (non-hydrogen) atoms. The predicted octanol–water partition coefficient (Wildman–Crippen LogP) is 2.70. The van der Waals surface area contributed by atoms with Crippen molar-refractivity contribution in [2.75, 3.05) is 18.9 Å². The Hall–Kier alpha value is -1.66. The molecule has 1 N–H and O–H groups in total. The summed E-state index contributed by atoms with van der Waals surface area (Å²) in [5.41, 5.74) is 0.772. The van der Waals surface area contributed by atoms with Crippen LogP contribution in [-0.4, -0.2) is 37.3 Å². The van der Waals surface area contributed by atoms with Gasteiger partial charge in [0, 0.05) is 25.0 Å². The molecule has 0 aliphatic heterocycles. The van der Waals surface area contributed by atoms with Gasteiger partial charge in [0.25, 0.3) is 0 Å². The number of anilines is 1. The van der Waals surface area contributed by atoms with Gasteiger partial charge >= 0.3 is 0 Å². The Bertz CT molecular complexity index is 742. The van der Waals surface area contributed by atoms with Crippen LogP contribution in [0.2, 0.25) is 0 Å². The van der Waals surface area contributed by atoms with Gasteiger partial charge in [-0.2, -0.15) is 4.31 Å². The number of hydrogen-bond acceptors (Lipinski definition) is 4. The van der Waals surface area contributed by atoms with Gasteiger partial charge < -0.3 is 5.32 Å². The maximum Gasteiger partial charge on any atom is 0.243 e. The van der Waals surface area contributed by atoms with Crippen molar-refractivity contribution >= 4 is 26.7 Å². The molecule has 1 aromatic carbocycles. The first-order valence-corrected chi connectivity index (χ1v) is 8.44. The van der Waals surface area contributed by atoms with E-state index in [-0.39, 0.29) is 6.04 Å². The molecule has 0 aliphatic rings. The molecule has 0 unspecified atom stereocenters. The summed E-state index contributed by atoms with van der Waals surface area (Å²) < 4.78 is 26.8. The minimum absolute atomic E-state index is 0.0690. The summed E-state index contributed by atoms with van der Waals surface area (Å²) >= 11 is 0. The van der Waals surface area contributed by atoms with Gasteiger partial charge in [-0.15, -0.1) is 0 Å². The Balaban J connectivity index is 2.52. The third kappa shape index (κ3) is 3.01. The lowest BCUT2D eigenvalue weighted by Gasteiger charge is -2.24. The third-order valence-corrected chi connectivity index (χ3v) is 5.56. The fourth-order valence-electron chi connectivity index (χ4n) is 2.35. The van der Waals surface area contributed by atoms with Crippen molar-refractivity contribution in [3.8, 4) is 0 Å². The van der Waals surface area contributed by atoms with Gasteiger partial charge in [0.15, 0.2) is 0 Å². The quantitative estimate of drug-likeness (QED) is 0.922. The van der Waals surface area contributed by atoms with E-state index in [4.69, 9.17) is 0 Å². The number of fused-ring (bicyclic) bond motifs is 1. The van der Waals surface area contributed by atoms with E-state index in [1.165, 1.54) is 4.31 Å². The van der Waals surface area contributed by atoms with Crippen LogP contribution in [0.25, 0.3) is 10.9 Å². The van der Waals surface area contributed by atoms with Crippen molar-refractivity contribution in [2.45, 2.75) is 31.7 Å². The first kappa shape index (κ1) is 15.7. The normalized spacial score (nSPS) is 12.3. The van der Waals surface area contributed by atoms with Crippen LogP contribution in [0.5, 0.6) is 0 Å². The summed E-state index contributed by atoms with van der Waals surface area (Å²) in [6.45, 7) is 6.06. The molecule has 0 radical (unpaired) electrons. The SMILES string of the molecule is CCN(C(C)C)S(=O)(=O)c1ccc2nc(NC)ccc2c1. The van der Waals surface area contributed by atoms with Gasteiger partial charge in [0.05, 0.1) is 10.4 Å². The van der Waals surface area contributed by atoms with Gasteiger partial charge in [-0.25, -0.2) is 13.4 Å². The summed E-state index contributed by atoms with van der Waals surface area (Å²) in [4.78, 5) is 4.71. The third-order valence-electron chi connectivity index (χ3n) is 3.41. The molecule has 0 saturated carbocycles. The molecule has 2 rings (SSSR count). The number of benzene rings is 1. The van der Waals surface area contributed by atoms with Crippen molar-refractivity contribution in [2.24, 2.45) is 0 Å². The van der Waals surface area contributed by atoms with Gasteiger partial charge in [-0.05, 0) is 44.2 Å². The molecule has 114 valence electrons. The summed E-state index contributed by atoms with van der Waals surface area (Å²) in [5, 5.41) is 3.78. The van der Waals surface area contributed by atoms with E-state index < -0.39 is 10.0 Å². The average molecular weight is 307 g/mol. The predicted molar refractivity (Wildman–Crippen MR) is 86.0 cm³/mol. The molecule has 0 fully saturated rings. The Morgan fingerprint density at radius 3 is 2.52 bits per heavy atom. The van der Waals surface area contributed by atoms with E-state index in [0.717, 1.165) is 16.7 Å². The topological polar surface area (TPSA) is 62.3 Å². The number of pyridine rings is 1. The molecule has 0 bridgehead atoms. The van der Waals surface area contributed by atoms with Crippen LogP contribution in [0.1, 0.15) is 20.8 Å². The zero-order valence-electron chi connectivity index (χ0n) is 12.8. The van der Waals surface area contributed by atoms with Gasteiger partial charge in [0.2, 0.25) is 10.0 Å². The highest BCUT2D eigenvalue weighted by Crippen LogP contribution is 2.23. The first-order valence-electron chi connectivity index (χ1n) is 7.00. The van der Waals surface area contributed by atoms with E-state index in [2.05, 4.69) is 10.3 Å². The lowest BCUT2D eigenvalue weighted by atomic mass is 10.2. The maximum atomic E-state index is 12.7. The Kier molecular flexibility index (Phi) is 4.49. The van der Waals surface area contributed by atoms with E-state index in [0.29, 0.717) is 11.4 Å². The van der Waals surface area contributed by atoms with Crippen LogP contribution < -0.4 is 5.32 Å². The number of rotatable bonds is 5. The zero-order valence-corrected chi connectivity index (χ0v) is 13.6. The second-order valence-electron chi connectivity index (χ2n) is 5.10. The Labute approximate surface area is 126 Å². The van der Waals surface area contributed by atoms with Crippen LogP contribution in [0.3, 0.4) is 0 Å². The van der Waals surface area contributed by atoms with Crippen molar-refractivity contribution in [3.05, 3.63) is 30.3 Å². The molecule has 2 aromatic rings. The fraction of sp³-hybridized carbons (Fsp3) is 0.400. The lowest BCUT2D eigenvalue weighted by Crippen LogP contribution is -2.36. The second kappa shape index (κ2) is 5.99. The molecule has 0 aliphatic carbocycles. The van der Waals surface area contributed by atoms with Gasteiger partial charge in [-0.1, -0.05) is 6.92 Å². The molecule has 1 heterocycles. The van der Waals surface area contributed by atoms with Crippen LogP contribution in [0, 0.1) is 0 Å². The summed E-state index contributed by atoms with van der Waals surface area (Å²) in [5.74, 6) is 0.760. The highest BCUT2D eigenvalue weighted by Gasteiger charge is 2.25. The molecule has 5 nitrogen and oxygen atoms in total. The van der Waals surface area contributed by atoms with Crippen molar-refractivity contribution in [3.63, 3.8) is 0 Å². The lowest BCUT2D eigenvalue weighted by molar-refractivity contribution is 0.369. The minimum atomic E-state index is -3.47. The number of nitrogens with one attached hydrogen (secondary N) is 1. The number of nitrogens with zero attached hydrogens (tertiary/aromatic N) is 2.